The number of aromatic nitrogens is 1. The fraction of sp³-hybridized carbons (Fsp3) is 0.105. The molecule has 0 fully saturated rings. The van der Waals surface area contributed by atoms with Crippen molar-refractivity contribution >= 4 is 5.69 Å². The van der Waals surface area contributed by atoms with Gasteiger partial charge in [-0.1, -0.05) is 30.3 Å². The number of hydrogen-bond donors (Lipinski definition) is 1. The number of ether oxygens (including phenoxy) is 1. The molecule has 3 heteroatoms. The number of anilines is 1. The van der Waals surface area contributed by atoms with Crippen LogP contribution < -0.4 is 10.5 Å². The molecule has 1 heterocycles. The lowest BCUT2D eigenvalue weighted by Crippen LogP contribution is -2.04. The lowest BCUT2D eigenvalue weighted by Gasteiger charge is -2.19. The molecule has 0 aliphatic heterocycles. The zero-order valence-corrected chi connectivity index (χ0v) is 12.4. The largest absolute Gasteiger partial charge is 0.497 e. The van der Waals surface area contributed by atoms with Crippen LogP contribution in [-0.2, 0) is 0 Å². The van der Waals surface area contributed by atoms with Crippen molar-refractivity contribution in [3.63, 3.8) is 0 Å². The number of methoxy groups -OCH3 is 1. The molecule has 0 aliphatic carbocycles. The van der Waals surface area contributed by atoms with Gasteiger partial charge in [-0.3, -0.25) is 4.98 Å². The molecule has 0 saturated heterocycles. The molecule has 0 saturated carbocycles. The molecule has 0 amide bonds. The van der Waals surface area contributed by atoms with Crippen molar-refractivity contribution in [3.05, 3.63) is 89.7 Å². The van der Waals surface area contributed by atoms with Crippen LogP contribution in [0.3, 0.4) is 0 Å². The van der Waals surface area contributed by atoms with E-state index in [0.717, 1.165) is 17.0 Å². The van der Waals surface area contributed by atoms with Crippen LogP contribution in [0.4, 0.5) is 5.69 Å². The quantitative estimate of drug-likeness (QED) is 0.742. The Morgan fingerprint density at radius 3 is 2.05 bits per heavy atom. The van der Waals surface area contributed by atoms with Crippen molar-refractivity contribution in [2.75, 3.05) is 12.8 Å². The van der Waals surface area contributed by atoms with Gasteiger partial charge in [0, 0.05) is 24.0 Å². The minimum absolute atomic E-state index is 0.125. The van der Waals surface area contributed by atoms with Gasteiger partial charge < -0.3 is 10.5 Å². The molecular weight excluding hydrogens is 272 g/mol. The Bertz CT molecular complexity index is 722. The maximum Gasteiger partial charge on any atom is 0.118 e. The molecule has 1 aromatic heterocycles. The van der Waals surface area contributed by atoms with E-state index in [4.69, 9.17) is 10.5 Å². The number of nitrogens with two attached hydrogens (primary N) is 1. The van der Waals surface area contributed by atoms with E-state index in [9.17, 15) is 0 Å². The van der Waals surface area contributed by atoms with E-state index in [-0.39, 0.29) is 5.92 Å². The highest BCUT2D eigenvalue weighted by atomic mass is 16.5. The van der Waals surface area contributed by atoms with E-state index >= 15 is 0 Å². The monoisotopic (exact) mass is 290 g/mol. The number of nitrogen functional groups attached to an aromatic ring is 1. The average Bonchev–Trinajstić information content (AvgIpc) is 2.58. The lowest BCUT2D eigenvalue weighted by molar-refractivity contribution is 0.414. The summed E-state index contributed by atoms with van der Waals surface area (Å²) in [6.07, 6.45) is 3.70. The Balaban J connectivity index is 2.07. The molecule has 3 rings (SSSR count). The highest BCUT2D eigenvalue weighted by Crippen LogP contribution is 2.32. The third kappa shape index (κ3) is 2.93. The summed E-state index contributed by atoms with van der Waals surface area (Å²) in [5.74, 6) is 0.978. The van der Waals surface area contributed by atoms with Gasteiger partial charge in [-0.2, -0.15) is 0 Å². The summed E-state index contributed by atoms with van der Waals surface area (Å²) in [4.78, 5) is 4.26. The van der Waals surface area contributed by atoms with Crippen LogP contribution in [0.25, 0.3) is 0 Å². The predicted molar refractivity (Wildman–Crippen MR) is 89.0 cm³/mol. The first kappa shape index (κ1) is 14.1. The minimum Gasteiger partial charge on any atom is -0.497 e. The van der Waals surface area contributed by atoms with Crippen LogP contribution in [0.2, 0.25) is 0 Å². The SMILES string of the molecule is COc1ccc(C(c2ccc(N)cc2)c2cccnc2)cc1. The smallest absolute Gasteiger partial charge is 0.118 e. The second-order valence-corrected chi connectivity index (χ2v) is 5.16. The normalized spacial score (nSPS) is 11.9. The second-order valence-electron chi connectivity index (χ2n) is 5.16. The Morgan fingerprint density at radius 2 is 1.50 bits per heavy atom. The van der Waals surface area contributed by atoms with Crippen LogP contribution in [-0.4, -0.2) is 12.1 Å². The van der Waals surface area contributed by atoms with Gasteiger partial charge >= 0.3 is 0 Å². The number of rotatable bonds is 4. The molecule has 1 unspecified atom stereocenters. The summed E-state index contributed by atoms with van der Waals surface area (Å²) in [5, 5.41) is 0. The van der Waals surface area contributed by atoms with Gasteiger partial charge in [0.2, 0.25) is 0 Å². The summed E-state index contributed by atoms with van der Waals surface area (Å²) in [6.45, 7) is 0. The van der Waals surface area contributed by atoms with Gasteiger partial charge in [-0.15, -0.1) is 0 Å². The second kappa shape index (κ2) is 6.31. The maximum atomic E-state index is 5.81. The molecule has 0 radical (unpaired) electrons. The van der Waals surface area contributed by atoms with E-state index in [1.807, 2.05) is 36.5 Å². The van der Waals surface area contributed by atoms with Crippen molar-refractivity contribution < 1.29 is 4.74 Å². The molecule has 3 nitrogen and oxygen atoms in total. The van der Waals surface area contributed by atoms with Crippen molar-refractivity contribution in [1.82, 2.24) is 4.98 Å². The molecule has 0 spiro atoms. The van der Waals surface area contributed by atoms with Crippen LogP contribution in [0.15, 0.2) is 73.1 Å². The van der Waals surface area contributed by atoms with Gasteiger partial charge in [-0.05, 0) is 47.0 Å². The van der Waals surface area contributed by atoms with Gasteiger partial charge in [0.05, 0.1) is 7.11 Å². The average molecular weight is 290 g/mol. The molecule has 2 aromatic carbocycles. The van der Waals surface area contributed by atoms with E-state index in [1.165, 1.54) is 11.1 Å². The lowest BCUT2D eigenvalue weighted by atomic mass is 9.86. The fourth-order valence-corrected chi connectivity index (χ4v) is 2.61. The highest BCUT2D eigenvalue weighted by Gasteiger charge is 2.16. The fourth-order valence-electron chi connectivity index (χ4n) is 2.61. The topological polar surface area (TPSA) is 48.1 Å². The van der Waals surface area contributed by atoms with E-state index < -0.39 is 0 Å². The van der Waals surface area contributed by atoms with Crippen molar-refractivity contribution in [2.45, 2.75) is 5.92 Å². The number of pyridine rings is 1. The van der Waals surface area contributed by atoms with Gasteiger partial charge in [-0.25, -0.2) is 0 Å². The van der Waals surface area contributed by atoms with Crippen LogP contribution in [0, 0.1) is 0 Å². The summed E-state index contributed by atoms with van der Waals surface area (Å²) >= 11 is 0. The minimum atomic E-state index is 0.125. The number of hydrogen-bond acceptors (Lipinski definition) is 3. The van der Waals surface area contributed by atoms with E-state index in [2.05, 4.69) is 35.3 Å². The van der Waals surface area contributed by atoms with Gasteiger partial charge in [0.15, 0.2) is 0 Å². The first-order valence-corrected chi connectivity index (χ1v) is 7.17. The molecule has 0 bridgehead atoms. The third-order valence-corrected chi connectivity index (χ3v) is 3.74. The molecule has 3 aromatic rings. The maximum absolute atomic E-state index is 5.81. The van der Waals surface area contributed by atoms with Crippen molar-refractivity contribution in [2.24, 2.45) is 0 Å². The Kier molecular flexibility index (Phi) is 4.05. The zero-order valence-electron chi connectivity index (χ0n) is 12.4. The summed E-state index contributed by atoms with van der Waals surface area (Å²) < 4.78 is 5.25. The predicted octanol–water partition coefficient (Wildman–Crippen LogP) is 3.85. The van der Waals surface area contributed by atoms with Crippen molar-refractivity contribution in [1.29, 1.82) is 0 Å². The Labute approximate surface area is 130 Å². The van der Waals surface area contributed by atoms with Crippen LogP contribution in [0.1, 0.15) is 22.6 Å². The summed E-state index contributed by atoms with van der Waals surface area (Å²) in [5.41, 5.74) is 10.1. The molecule has 22 heavy (non-hydrogen) atoms. The zero-order chi connectivity index (χ0) is 15.4. The highest BCUT2D eigenvalue weighted by molar-refractivity contribution is 5.47. The molecule has 1 atom stereocenters. The van der Waals surface area contributed by atoms with Crippen LogP contribution >= 0.6 is 0 Å². The molecule has 110 valence electrons. The first-order chi connectivity index (χ1) is 10.8. The molecule has 2 N–H and O–H groups in total. The Hall–Kier alpha value is -2.81. The van der Waals surface area contributed by atoms with Crippen LogP contribution in [0.5, 0.6) is 5.75 Å². The molecule has 0 aliphatic rings. The first-order valence-electron chi connectivity index (χ1n) is 7.17. The Morgan fingerprint density at radius 1 is 0.864 bits per heavy atom. The van der Waals surface area contributed by atoms with Gasteiger partial charge in [0.25, 0.3) is 0 Å². The number of benzene rings is 2. The van der Waals surface area contributed by atoms with Crippen molar-refractivity contribution in [3.8, 4) is 5.75 Å². The summed E-state index contributed by atoms with van der Waals surface area (Å²) in [7, 11) is 1.67. The van der Waals surface area contributed by atoms with Gasteiger partial charge in [0.1, 0.15) is 5.75 Å². The summed E-state index contributed by atoms with van der Waals surface area (Å²) in [6, 6.07) is 20.2. The standard InChI is InChI=1S/C19H18N2O/c1-22-18-10-6-15(7-11-18)19(16-3-2-12-21-13-16)14-4-8-17(20)9-5-14/h2-13,19H,20H2,1H3. The molecular formula is C19H18N2O. The van der Waals surface area contributed by atoms with E-state index in [1.54, 1.807) is 13.3 Å². The number of nitrogens with zero attached hydrogens (tertiary/aromatic N) is 1. The third-order valence-electron chi connectivity index (χ3n) is 3.74. The van der Waals surface area contributed by atoms with E-state index in [0.29, 0.717) is 0 Å².